The third-order valence-corrected chi connectivity index (χ3v) is 3.98. The number of piperazine rings is 1. The number of carbonyl (C=O) groups excluding carboxylic acids is 1. The fourth-order valence-electron chi connectivity index (χ4n) is 2.74. The zero-order chi connectivity index (χ0) is 16.4. The van der Waals surface area contributed by atoms with E-state index in [1.165, 1.54) is 6.33 Å². The quantitative estimate of drug-likeness (QED) is 0.771. The standard InChI is InChI=1S/C16H16N6O2/c23-16(24-12-4-2-1-3-5-12)22-8-6-21(7-9-22)15-13-14(18-10-17-13)19-11-20-15/h1-5,10-11H,6-9H2,(H,17,18,19,20). The molecule has 8 heteroatoms. The van der Waals surface area contributed by atoms with Crippen molar-refractivity contribution in [2.45, 2.75) is 0 Å². The maximum Gasteiger partial charge on any atom is 0.415 e. The second-order valence-corrected chi connectivity index (χ2v) is 5.45. The highest BCUT2D eigenvalue weighted by atomic mass is 16.6. The Bertz CT molecular complexity index is 842. The van der Waals surface area contributed by atoms with Gasteiger partial charge in [-0.3, -0.25) is 0 Å². The van der Waals surface area contributed by atoms with Gasteiger partial charge in [0, 0.05) is 26.2 Å². The SMILES string of the molecule is O=C(Oc1ccccc1)N1CCN(c2ncnc3[nH]cnc23)CC1. The Labute approximate surface area is 138 Å². The number of fused-ring (bicyclic) bond motifs is 1. The van der Waals surface area contributed by atoms with Crippen LogP contribution in [-0.2, 0) is 0 Å². The first-order chi connectivity index (χ1) is 11.8. The number of hydrogen-bond donors (Lipinski definition) is 1. The largest absolute Gasteiger partial charge is 0.415 e. The van der Waals surface area contributed by atoms with Gasteiger partial charge in [0.25, 0.3) is 0 Å². The summed E-state index contributed by atoms with van der Waals surface area (Å²) in [5, 5.41) is 0. The summed E-state index contributed by atoms with van der Waals surface area (Å²) in [5.74, 6) is 1.34. The van der Waals surface area contributed by atoms with Gasteiger partial charge in [0.1, 0.15) is 17.6 Å². The smallest absolute Gasteiger partial charge is 0.410 e. The van der Waals surface area contributed by atoms with Crippen LogP contribution in [0.5, 0.6) is 5.75 Å². The van der Waals surface area contributed by atoms with E-state index in [9.17, 15) is 4.79 Å². The molecule has 1 aliphatic heterocycles. The van der Waals surface area contributed by atoms with E-state index in [0.717, 1.165) is 11.3 Å². The minimum Gasteiger partial charge on any atom is -0.410 e. The normalized spacial score (nSPS) is 14.8. The summed E-state index contributed by atoms with van der Waals surface area (Å²) in [6.07, 6.45) is 2.80. The molecule has 3 heterocycles. The summed E-state index contributed by atoms with van der Waals surface area (Å²) in [5.41, 5.74) is 1.46. The van der Waals surface area contributed by atoms with E-state index in [1.807, 2.05) is 18.2 Å². The van der Waals surface area contributed by atoms with E-state index < -0.39 is 0 Å². The summed E-state index contributed by atoms with van der Waals surface area (Å²) in [7, 11) is 0. The van der Waals surface area contributed by atoms with E-state index in [-0.39, 0.29) is 6.09 Å². The molecular formula is C16H16N6O2. The van der Waals surface area contributed by atoms with E-state index >= 15 is 0 Å². The van der Waals surface area contributed by atoms with Gasteiger partial charge < -0.3 is 19.5 Å². The number of anilines is 1. The number of imidazole rings is 1. The molecule has 1 amide bonds. The molecule has 8 nitrogen and oxygen atoms in total. The van der Waals surface area contributed by atoms with E-state index in [2.05, 4.69) is 24.8 Å². The van der Waals surface area contributed by atoms with Gasteiger partial charge in [-0.2, -0.15) is 0 Å². The Kier molecular flexibility index (Phi) is 3.70. The van der Waals surface area contributed by atoms with Crippen LogP contribution in [-0.4, -0.2) is 57.1 Å². The molecule has 2 aromatic heterocycles. The van der Waals surface area contributed by atoms with Gasteiger partial charge in [-0.15, -0.1) is 0 Å². The van der Waals surface area contributed by atoms with Gasteiger partial charge in [0.2, 0.25) is 0 Å². The maximum absolute atomic E-state index is 12.2. The number of amides is 1. The zero-order valence-electron chi connectivity index (χ0n) is 12.9. The minimum atomic E-state index is -0.326. The Morgan fingerprint density at radius 1 is 1.04 bits per heavy atom. The lowest BCUT2D eigenvalue weighted by atomic mass is 10.3. The molecule has 1 aliphatic rings. The van der Waals surface area contributed by atoms with Gasteiger partial charge in [-0.05, 0) is 12.1 Å². The molecule has 1 fully saturated rings. The van der Waals surface area contributed by atoms with Crippen LogP contribution in [0.3, 0.4) is 0 Å². The first-order valence-corrected chi connectivity index (χ1v) is 7.72. The third kappa shape index (κ3) is 2.73. The molecule has 4 rings (SSSR count). The van der Waals surface area contributed by atoms with Gasteiger partial charge in [0.15, 0.2) is 11.5 Å². The number of aromatic amines is 1. The van der Waals surface area contributed by atoms with Crippen molar-refractivity contribution in [3.63, 3.8) is 0 Å². The molecule has 3 aromatic rings. The van der Waals surface area contributed by atoms with Crippen LogP contribution in [0, 0.1) is 0 Å². The number of nitrogens with zero attached hydrogens (tertiary/aromatic N) is 5. The molecule has 0 bridgehead atoms. The summed E-state index contributed by atoms with van der Waals surface area (Å²) < 4.78 is 5.38. The number of para-hydroxylation sites is 1. The number of H-pyrrole nitrogens is 1. The first-order valence-electron chi connectivity index (χ1n) is 7.72. The van der Waals surface area contributed by atoms with Crippen molar-refractivity contribution in [3.8, 4) is 5.75 Å². The lowest BCUT2D eigenvalue weighted by Crippen LogP contribution is -2.50. The van der Waals surface area contributed by atoms with Gasteiger partial charge in [-0.25, -0.2) is 19.7 Å². The molecule has 0 atom stereocenters. The van der Waals surface area contributed by atoms with Crippen LogP contribution in [0.2, 0.25) is 0 Å². The molecule has 0 radical (unpaired) electrons. The van der Waals surface area contributed by atoms with Crippen molar-refractivity contribution in [1.29, 1.82) is 0 Å². The topological polar surface area (TPSA) is 87.2 Å². The number of ether oxygens (including phenoxy) is 1. The third-order valence-electron chi connectivity index (χ3n) is 3.98. The fraction of sp³-hybridized carbons (Fsp3) is 0.250. The molecule has 0 unspecified atom stereocenters. The van der Waals surface area contributed by atoms with Crippen LogP contribution in [0.1, 0.15) is 0 Å². The number of rotatable bonds is 2. The number of carbonyl (C=O) groups is 1. The second-order valence-electron chi connectivity index (χ2n) is 5.45. The minimum absolute atomic E-state index is 0.326. The van der Waals surface area contributed by atoms with Crippen LogP contribution in [0.25, 0.3) is 11.2 Å². The molecule has 0 aliphatic carbocycles. The molecule has 1 N–H and O–H groups in total. The Hall–Kier alpha value is -3.16. The fourth-order valence-corrected chi connectivity index (χ4v) is 2.74. The van der Waals surface area contributed by atoms with Gasteiger partial charge >= 0.3 is 6.09 Å². The van der Waals surface area contributed by atoms with Crippen molar-refractivity contribution in [1.82, 2.24) is 24.8 Å². The van der Waals surface area contributed by atoms with Crippen LogP contribution >= 0.6 is 0 Å². The monoisotopic (exact) mass is 324 g/mol. The van der Waals surface area contributed by atoms with Crippen LogP contribution < -0.4 is 9.64 Å². The Balaban J connectivity index is 1.41. The summed E-state index contributed by atoms with van der Waals surface area (Å²) in [4.78, 5) is 31.8. The van der Waals surface area contributed by atoms with Crippen molar-refractivity contribution in [2.24, 2.45) is 0 Å². The average molecular weight is 324 g/mol. The molecule has 24 heavy (non-hydrogen) atoms. The average Bonchev–Trinajstić information content (AvgIpc) is 3.11. The molecule has 1 saturated heterocycles. The predicted molar refractivity (Wildman–Crippen MR) is 87.9 cm³/mol. The second kappa shape index (κ2) is 6.15. The van der Waals surface area contributed by atoms with Crippen molar-refractivity contribution < 1.29 is 9.53 Å². The van der Waals surface area contributed by atoms with Crippen LogP contribution in [0.4, 0.5) is 10.6 Å². The summed E-state index contributed by atoms with van der Waals surface area (Å²) in [6, 6.07) is 9.09. The summed E-state index contributed by atoms with van der Waals surface area (Å²) in [6.45, 7) is 2.48. The highest BCUT2D eigenvalue weighted by Gasteiger charge is 2.24. The Morgan fingerprint density at radius 3 is 2.62 bits per heavy atom. The molecule has 0 spiro atoms. The summed E-state index contributed by atoms with van der Waals surface area (Å²) >= 11 is 0. The number of benzene rings is 1. The Morgan fingerprint density at radius 2 is 1.83 bits per heavy atom. The van der Waals surface area contributed by atoms with Crippen LogP contribution in [0.15, 0.2) is 43.0 Å². The lowest BCUT2D eigenvalue weighted by molar-refractivity contribution is 0.149. The highest BCUT2D eigenvalue weighted by Crippen LogP contribution is 2.21. The van der Waals surface area contributed by atoms with Gasteiger partial charge in [-0.1, -0.05) is 18.2 Å². The van der Waals surface area contributed by atoms with Crippen molar-refractivity contribution in [3.05, 3.63) is 43.0 Å². The first kappa shape index (κ1) is 14.4. The molecule has 122 valence electrons. The van der Waals surface area contributed by atoms with Crippen molar-refractivity contribution >= 4 is 23.1 Å². The molecular weight excluding hydrogens is 308 g/mol. The number of aromatic nitrogens is 4. The highest BCUT2D eigenvalue weighted by molar-refractivity contribution is 5.82. The maximum atomic E-state index is 12.2. The molecule has 1 aromatic carbocycles. The van der Waals surface area contributed by atoms with E-state index in [1.54, 1.807) is 23.4 Å². The predicted octanol–water partition coefficient (Wildman–Crippen LogP) is 1.67. The lowest BCUT2D eigenvalue weighted by Gasteiger charge is -2.34. The van der Waals surface area contributed by atoms with E-state index in [0.29, 0.717) is 37.6 Å². The number of nitrogens with one attached hydrogen (secondary N) is 1. The van der Waals surface area contributed by atoms with Crippen molar-refractivity contribution in [2.75, 3.05) is 31.1 Å². The molecule has 0 saturated carbocycles. The van der Waals surface area contributed by atoms with Gasteiger partial charge in [0.05, 0.1) is 6.33 Å². The zero-order valence-corrected chi connectivity index (χ0v) is 12.9. The van der Waals surface area contributed by atoms with E-state index in [4.69, 9.17) is 4.74 Å². The number of hydrogen-bond acceptors (Lipinski definition) is 6.